The Morgan fingerprint density at radius 1 is 0.300 bits per heavy atom. The molecular formula is C55H35N5. The van der Waals surface area contributed by atoms with Gasteiger partial charge in [-0.25, -0.2) is 15.0 Å². The average Bonchev–Trinajstić information content (AvgIpc) is 3.84. The topological polar surface area (TPSA) is 48.0 Å². The molecule has 0 fully saturated rings. The van der Waals surface area contributed by atoms with Gasteiger partial charge < -0.3 is 0 Å². The lowest BCUT2D eigenvalue weighted by molar-refractivity contribution is 1.08. The highest BCUT2D eigenvalue weighted by atomic mass is 15.1. The van der Waals surface area contributed by atoms with Gasteiger partial charge in [0, 0.05) is 33.3 Å². The normalized spacial score (nSPS) is 11.7. The Kier molecular flexibility index (Phi) is 7.78. The highest BCUT2D eigenvalue weighted by Gasteiger charge is 2.22. The standard InChI is InChI=1S/C55H35N5/c1-2-16-38(17-3-1)51-47-24-8-9-25-48(47)60-50-27-11-10-26-49(50)59(55(51)60)46-23-13-21-42(35-46)41-20-12-22-43(34-41)52-56-53(44-30-28-36-14-4-6-18-39(36)32-44)58-54(57-52)45-31-29-37-15-5-7-19-40(37)33-45/h1-35H. The Labute approximate surface area is 346 Å². The Hall–Kier alpha value is -8.15. The predicted molar refractivity (Wildman–Crippen MR) is 247 cm³/mol. The lowest BCUT2D eigenvalue weighted by Gasteiger charge is -2.12. The molecule has 5 heteroatoms. The maximum Gasteiger partial charge on any atom is 0.164 e. The van der Waals surface area contributed by atoms with Crippen LogP contribution in [0, 0.1) is 0 Å². The van der Waals surface area contributed by atoms with E-state index in [-0.39, 0.29) is 0 Å². The number of fused-ring (bicyclic) bond motifs is 7. The van der Waals surface area contributed by atoms with E-state index in [9.17, 15) is 0 Å². The molecule has 0 saturated heterocycles. The predicted octanol–water partition coefficient (Wildman–Crippen LogP) is 13.9. The Balaban J connectivity index is 1.02. The summed E-state index contributed by atoms with van der Waals surface area (Å²) in [7, 11) is 0. The zero-order valence-corrected chi connectivity index (χ0v) is 32.4. The first-order valence-electron chi connectivity index (χ1n) is 20.3. The van der Waals surface area contributed by atoms with E-state index < -0.39 is 0 Å². The number of hydrogen-bond acceptors (Lipinski definition) is 3. The summed E-state index contributed by atoms with van der Waals surface area (Å²) in [6.45, 7) is 0. The molecule has 0 atom stereocenters. The summed E-state index contributed by atoms with van der Waals surface area (Å²) in [5, 5.41) is 5.86. The molecule has 9 aromatic carbocycles. The number of aromatic nitrogens is 5. The quantitative estimate of drug-likeness (QED) is 0.169. The molecular weight excluding hydrogens is 731 g/mol. The molecule has 0 spiro atoms. The fourth-order valence-corrected chi connectivity index (χ4v) is 8.87. The van der Waals surface area contributed by atoms with Crippen LogP contribution in [0.4, 0.5) is 0 Å². The zero-order valence-electron chi connectivity index (χ0n) is 32.4. The molecule has 0 aliphatic carbocycles. The van der Waals surface area contributed by atoms with Crippen molar-refractivity contribution >= 4 is 49.1 Å². The minimum atomic E-state index is 0.625. The minimum absolute atomic E-state index is 0.625. The SMILES string of the molecule is c1ccc(-c2c3ccccc3n3c4ccccc4n(-c4cccc(-c5cccc(-c6nc(-c7ccc8ccccc8c7)nc(-c7ccc8ccccc8c7)n6)c5)c4)c23)cc1. The van der Waals surface area contributed by atoms with Crippen LogP contribution in [-0.2, 0) is 0 Å². The van der Waals surface area contributed by atoms with Gasteiger partial charge in [-0.3, -0.25) is 8.97 Å². The molecule has 12 aromatic rings. The van der Waals surface area contributed by atoms with Gasteiger partial charge in [0.2, 0.25) is 0 Å². The van der Waals surface area contributed by atoms with Crippen molar-refractivity contribution in [2.24, 2.45) is 0 Å². The lowest BCUT2D eigenvalue weighted by Crippen LogP contribution is -2.00. The molecule has 0 aliphatic heterocycles. The molecule has 3 aromatic heterocycles. The van der Waals surface area contributed by atoms with Gasteiger partial charge in [0.05, 0.1) is 16.6 Å². The smallest absolute Gasteiger partial charge is 0.164 e. The summed E-state index contributed by atoms with van der Waals surface area (Å²) in [5.74, 6) is 1.90. The van der Waals surface area contributed by atoms with Gasteiger partial charge in [-0.2, -0.15) is 0 Å². The van der Waals surface area contributed by atoms with E-state index in [4.69, 9.17) is 15.0 Å². The number of rotatable bonds is 6. The maximum atomic E-state index is 5.16. The zero-order chi connectivity index (χ0) is 39.6. The van der Waals surface area contributed by atoms with Crippen molar-refractivity contribution in [1.82, 2.24) is 23.9 Å². The van der Waals surface area contributed by atoms with Crippen molar-refractivity contribution in [3.63, 3.8) is 0 Å². The molecule has 60 heavy (non-hydrogen) atoms. The fraction of sp³-hybridized carbons (Fsp3) is 0. The van der Waals surface area contributed by atoms with E-state index in [1.807, 2.05) is 0 Å². The molecule has 280 valence electrons. The summed E-state index contributed by atoms with van der Waals surface area (Å²) in [4.78, 5) is 15.4. The monoisotopic (exact) mass is 765 g/mol. The highest BCUT2D eigenvalue weighted by Crippen LogP contribution is 2.41. The highest BCUT2D eigenvalue weighted by molar-refractivity contribution is 6.09. The van der Waals surface area contributed by atoms with E-state index >= 15 is 0 Å². The summed E-state index contributed by atoms with van der Waals surface area (Å²) >= 11 is 0. The van der Waals surface area contributed by atoms with Crippen LogP contribution in [0.3, 0.4) is 0 Å². The number of nitrogens with zero attached hydrogens (tertiary/aromatic N) is 5. The molecule has 3 heterocycles. The maximum absolute atomic E-state index is 5.16. The third kappa shape index (κ3) is 5.59. The van der Waals surface area contributed by atoms with Gasteiger partial charge in [0.15, 0.2) is 17.5 Å². The molecule has 0 aliphatic rings. The minimum Gasteiger partial charge on any atom is -0.293 e. The van der Waals surface area contributed by atoms with Gasteiger partial charge in [-0.1, -0.05) is 164 Å². The van der Waals surface area contributed by atoms with Crippen molar-refractivity contribution < 1.29 is 0 Å². The van der Waals surface area contributed by atoms with E-state index in [0.717, 1.165) is 61.0 Å². The average molecular weight is 766 g/mol. The molecule has 5 nitrogen and oxygen atoms in total. The van der Waals surface area contributed by atoms with Crippen molar-refractivity contribution in [3.8, 4) is 62.1 Å². The van der Waals surface area contributed by atoms with Crippen molar-refractivity contribution in [1.29, 1.82) is 0 Å². The lowest BCUT2D eigenvalue weighted by atomic mass is 10.0. The van der Waals surface area contributed by atoms with E-state index in [0.29, 0.717) is 17.5 Å². The number of para-hydroxylation sites is 3. The van der Waals surface area contributed by atoms with Crippen LogP contribution in [0.15, 0.2) is 212 Å². The van der Waals surface area contributed by atoms with E-state index in [1.165, 1.54) is 32.8 Å². The Bertz CT molecular complexity index is 3520. The summed E-state index contributed by atoms with van der Waals surface area (Å²) in [5.41, 5.74) is 13.1. The molecule has 0 amide bonds. The first-order chi connectivity index (χ1) is 29.7. The molecule has 0 N–H and O–H groups in total. The third-order valence-corrected chi connectivity index (χ3v) is 11.7. The number of hydrogen-bond donors (Lipinski definition) is 0. The summed E-state index contributed by atoms with van der Waals surface area (Å²) < 4.78 is 4.84. The van der Waals surface area contributed by atoms with Crippen LogP contribution in [-0.4, -0.2) is 23.9 Å². The Morgan fingerprint density at radius 2 is 0.783 bits per heavy atom. The second kappa shape index (κ2) is 13.8. The Morgan fingerprint density at radius 3 is 1.45 bits per heavy atom. The van der Waals surface area contributed by atoms with Gasteiger partial charge in [0.1, 0.15) is 5.65 Å². The van der Waals surface area contributed by atoms with Crippen LogP contribution in [0.1, 0.15) is 0 Å². The third-order valence-electron chi connectivity index (χ3n) is 11.7. The molecule has 0 unspecified atom stereocenters. The fourth-order valence-electron chi connectivity index (χ4n) is 8.87. The van der Waals surface area contributed by atoms with Gasteiger partial charge in [-0.15, -0.1) is 0 Å². The number of benzene rings is 9. The second-order valence-electron chi connectivity index (χ2n) is 15.3. The first kappa shape index (κ1) is 33.9. The van der Waals surface area contributed by atoms with E-state index in [1.54, 1.807) is 0 Å². The van der Waals surface area contributed by atoms with Crippen LogP contribution in [0.5, 0.6) is 0 Å². The van der Waals surface area contributed by atoms with Crippen LogP contribution < -0.4 is 0 Å². The van der Waals surface area contributed by atoms with Crippen molar-refractivity contribution in [3.05, 3.63) is 212 Å². The van der Waals surface area contributed by atoms with Gasteiger partial charge in [0.25, 0.3) is 0 Å². The van der Waals surface area contributed by atoms with Gasteiger partial charge >= 0.3 is 0 Å². The van der Waals surface area contributed by atoms with Gasteiger partial charge in [-0.05, 0) is 86.8 Å². The largest absolute Gasteiger partial charge is 0.293 e. The molecule has 0 saturated carbocycles. The molecule has 12 rings (SSSR count). The van der Waals surface area contributed by atoms with Crippen LogP contribution >= 0.6 is 0 Å². The molecule has 0 radical (unpaired) electrons. The van der Waals surface area contributed by atoms with Crippen molar-refractivity contribution in [2.45, 2.75) is 0 Å². The van der Waals surface area contributed by atoms with Crippen molar-refractivity contribution in [2.75, 3.05) is 0 Å². The van der Waals surface area contributed by atoms with Crippen LogP contribution in [0.2, 0.25) is 0 Å². The van der Waals surface area contributed by atoms with Crippen LogP contribution in [0.25, 0.3) is 111 Å². The first-order valence-corrected chi connectivity index (χ1v) is 20.3. The summed E-state index contributed by atoms with van der Waals surface area (Å²) in [6, 6.07) is 75.2. The van der Waals surface area contributed by atoms with E-state index in [2.05, 4.69) is 221 Å². The second-order valence-corrected chi connectivity index (χ2v) is 15.3. The molecule has 0 bridgehead atoms. The summed E-state index contributed by atoms with van der Waals surface area (Å²) in [6.07, 6.45) is 0. The number of imidazole rings is 1.